The van der Waals surface area contributed by atoms with Crippen LogP contribution in [0.4, 0.5) is 0 Å². The summed E-state index contributed by atoms with van der Waals surface area (Å²) in [5.41, 5.74) is 5.27. The number of hydrogen-bond donors (Lipinski definition) is 2. The maximum atomic E-state index is 10.3. The van der Waals surface area contributed by atoms with Crippen LogP contribution in [0.1, 0.15) is 5.01 Å². The van der Waals surface area contributed by atoms with Gasteiger partial charge in [-0.3, -0.25) is 4.79 Å². The Kier molecular flexibility index (Phi) is 2.56. The fourth-order valence-electron chi connectivity index (χ4n) is 0.629. The summed E-state index contributed by atoms with van der Waals surface area (Å²) >= 11 is 1.41. The molecule has 0 aliphatic carbocycles. The molecule has 5 heteroatoms. The lowest BCUT2D eigenvalue weighted by atomic mass is 10.2. The van der Waals surface area contributed by atoms with Crippen LogP contribution in [-0.4, -0.2) is 22.1 Å². The first-order chi connectivity index (χ1) is 5.20. The molecule has 1 aromatic rings. The fraction of sp³-hybridized carbons (Fsp3) is 0.333. The van der Waals surface area contributed by atoms with Gasteiger partial charge in [-0.1, -0.05) is 0 Å². The van der Waals surface area contributed by atoms with Crippen LogP contribution in [0.25, 0.3) is 0 Å². The minimum Gasteiger partial charge on any atom is -0.480 e. The van der Waals surface area contributed by atoms with Crippen molar-refractivity contribution < 1.29 is 9.90 Å². The number of nitrogens with zero attached hydrogens (tertiary/aromatic N) is 1. The van der Waals surface area contributed by atoms with Gasteiger partial charge in [0.25, 0.3) is 0 Å². The Balaban J connectivity index is 2.50. The van der Waals surface area contributed by atoms with Crippen LogP contribution in [-0.2, 0) is 11.2 Å². The van der Waals surface area contributed by atoms with E-state index in [0.29, 0.717) is 6.42 Å². The van der Waals surface area contributed by atoms with Crippen LogP contribution in [0.3, 0.4) is 0 Å². The number of carbonyl (C=O) groups is 1. The molecular weight excluding hydrogens is 164 g/mol. The zero-order valence-electron chi connectivity index (χ0n) is 5.73. The molecule has 11 heavy (non-hydrogen) atoms. The Morgan fingerprint density at radius 2 is 2.64 bits per heavy atom. The van der Waals surface area contributed by atoms with Crippen LogP contribution in [0.5, 0.6) is 0 Å². The van der Waals surface area contributed by atoms with Gasteiger partial charge in [-0.15, -0.1) is 11.3 Å². The van der Waals surface area contributed by atoms with E-state index < -0.39 is 12.0 Å². The van der Waals surface area contributed by atoms with Crippen molar-refractivity contribution in [3.8, 4) is 0 Å². The Morgan fingerprint density at radius 3 is 3.09 bits per heavy atom. The first-order valence-corrected chi connectivity index (χ1v) is 3.95. The topological polar surface area (TPSA) is 76.2 Å². The third kappa shape index (κ3) is 2.28. The number of aromatic nitrogens is 1. The van der Waals surface area contributed by atoms with Crippen molar-refractivity contribution in [1.29, 1.82) is 0 Å². The summed E-state index contributed by atoms with van der Waals surface area (Å²) in [6.45, 7) is 0. The van der Waals surface area contributed by atoms with Gasteiger partial charge in [-0.25, -0.2) is 4.98 Å². The smallest absolute Gasteiger partial charge is 0.320 e. The van der Waals surface area contributed by atoms with Crippen LogP contribution in [0.15, 0.2) is 11.6 Å². The molecule has 60 valence electrons. The SMILES string of the molecule is NC(Cc1nccs1)C(=O)O. The number of aliphatic carboxylic acids is 1. The standard InChI is InChI=1S/C6H8N2O2S/c7-4(6(9)10)3-5-8-1-2-11-5/h1-2,4H,3,7H2,(H,9,10). The lowest BCUT2D eigenvalue weighted by molar-refractivity contribution is -0.138. The lowest BCUT2D eigenvalue weighted by Crippen LogP contribution is -2.32. The third-order valence-electron chi connectivity index (χ3n) is 1.20. The Morgan fingerprint density at radius 1 is 1.91 bits per heavy atom. The van der Waals surface area contributed by atoms with Gasteiger partial charge in [0.1, 0.15) is 6.04 Å². The van der Waals surface area contributed by atoms with E-state index in [0.717, 1.165) is 5.01 Å². The summed E-state index contributed by atoms with van der Waals surface area (Å²) in [4.78, 5) is 14.2. The lowest BCUT2D eigenvalue weighted by Gasteiger charge is -2.01. The average molecular weight is 172 g/mol. The summed E-state index contributed by atoms with van der Waals surface area (Å²) < 4.78 is 0. The van der Waals surface area contributed by atoms with Crippen molar-refractivity contribution in [2.75, 3.05) is 0 Å². The van der Waals surface area contributed by atoms with Gasteiger partial charge < -0.3 is 10.8 Å². The van der Waals surface area contributed by atoms with Gasteiger partial charge >= 0.3 is 5.97 Å². The van der Waals surface area contributed by atoms with Gasteiger partial charge in [-0.2, -0.15) is 0 Å². The number of hydrogen-bond acceptors (Lipinski definition) is 4. The first-order valence-electron chi connectivity index (χ1n) is 3.07. The highest BCUT2D eigenvalue weighted by Crippen LogP contribution is 2.05. The molecule has 1 unspecified atom stereocenters. The van der Waals surface area contributed by atoms with E-state index in [4.69, 9.17) is 10.8 Å². The van der Waals surface area contributed by atoms with E-state index >= 15 is 0 Å². The van der Waals surface area contributed by atoms with Gasteiger partial charge in [0.15, 0.2) is 0 Å². The highest BCUT2D eigenvalue weighted by molar-refractivity contribution is 7.09. The Labute approximate surface area is 67.7 Å². The van der Waals surface area contributed by atoms with Crippen molar-refractivity contribution in [3.05, 3.63) is 16.6 Å². The highest BCUT2D eigenvalue weighted by Gasteiger charge is 2.12. The molecule has 0 aliphatic rings. The highest BCUT2D eigenvalue weighted by atomic mass is 32.1. The number of nitrogens with two attached hydrogens (primary N) is 1. The zero-order chi connectivity index (χ0) is 8.27. The van der Waals surface area contributed by atoms with E-state index in [-0.39, 0.29) is 0 Å². The molecule has 0 bridgehead atoms. The molecule has 1 atom stereocenters. The van der Waals surface area contributed by atoms with Crippen molar-refractivity contribution in [1.82, 2.24) is 4.98 Å². The fourth-order valence-corrected chi connectivity index (χ4v) is 1.31. The van der Waals surface area contributed by atoms with Crippen LogP contribution in [0, 0.1) is 0 Å². The number of carboxylic acids is 1. The largest absolute Gasteiger partial charge is 0.480 e. The molecule has 1 rings (SSSR count). The van der Waals surface area contributed by atoms with Gasteiger partial charge in [0.05, 0.1) is 5.01 Å². The molecule has 0 saturated carbocycles. The predicted molar refractivity (Wildman–Crippen MR) is 41.4 cm³/mol. The molecule has 0 fully saturated rings. The van der Waals surface area contributed by atoms with E-state index in [1.807, 2.05) is 0 Å². The maximum absolute atomic E-state index is 10.3. The second kappa shape index (κ2) is 3.45. The van der Waals surface area contributed by atoms with E-state index in [1.54, 1.807) is 11.6 Å². The number of rotatable bonds is 3. The van der Waals surface area contributed by atoms with E-state index in [9.17, 15) is 4.79 Å². The summed E-state index contributed by atoms with van der Waals surface area (Å²) in [6, 6.07) is -0.832. The van der Waals surface area contributed by atoms with Crippen molar-refractivity contribution >= 4 is 17.3 Å². The van der Waals surface area contributed by atoms with E-state index in [1.165, 1.54) is 11.3 Å². The quantitative estimate of drug-likeness (QED) is 0.677. The average Bonchev–Trinajstić information content (AvgIpc) is 2.39. The number of carboxylic acid groups (broad SMARTS) is 1. The van der Waals surface area contributed by atoms with Crippen LogP contribution in [0.2, 0.25) is 0 Å². The van der Waals surface area contributed by atoms with Gasteiger partial charge in [0, 0.05) is 18.0 Å². The molecule has 0 spiro atoms. The molecular formula is C6H8N2O2S. The summed E-state index contributed by atoms with van der Waals surface area (Å²) in [5, 5.41) is 11.0. The summed E-state index contributed by atoms with van der Waals surface area (Å²) in [7, 11) is 0. The molecule has 0 aromatic carbocycles. The summed E-state index contributed by atoms with van der Waals surface area (Å²) in [5.74, 6) is -0.986. The molecule has 3 N–H and O–H groups in total. The minimum atomic E-state index is -0.986. The van der Waals surface area contributed by atoms with Crippen molar-refractivity contribution in [2.24, 2.45) is 5.73 Å². The minimum absolute atomic E-state index is 0.312. The Bertz CT molecular complexity index is 235. The van der Waals surface area contributed by atoms with Crippen molar-refractivity contribution in [3.63, 3.8) is 0 Å². The normalized spacial score (nSPS) is 12.8. The second-order valence-corrected chi connectivity index (χ2v) is 3.05. The van der Waals surface area contributed by atoms with E-state index in [2.05, 4.69) is 4.98 Å². The predicted octanol–water partition coefficient (Wildman–Crippen LogP) is 0.0975. The summed E-state index contributed by atoms with van der Waals surface area (Å²) in [6.07, 6.45) is 1.95. The second-order valence-electron chi connectivity index (χ2n) is 2.07. The molecule has 0 saturated heterocycles. The zero-order valence-corrected chi connectivity index (χ0v) is 6.54. The van der Waals surface area contributed by atoms with Crippen molar-refractivity contribution in [2.45, 2.75) is 12.5 Å². The molecule has 0 aliphatic heterocycles. The molecule has 0 amide bonds. The Hall–Kier alpha value is -0.940. The molecule has 1 aromatic heterocycles. The first kappa shape index (κ1) is 8.16. The third-order valence-corrected chi connectivity index (χ3v) is 2.00. The maximum Gasteiger partial charge on any atom is 0.320 e. The van der Waals surface area contributed by atoms with Gasteiger partial charge in [0.2, 0.25) is 0 Å². The van der Waals surface area contributed by atoms with Crippen LogP contribution < -0.4 is 5.73 Å². The number of thiazole rings is 1. The molecule has 4 nitrogen and oxygen atoms in total. The monoisotopic (exact) mass is 172 g/mol. The molecule has 1 heterocycles. The van der Waals surface area contributed by atoms with Crippen LogP contribution >= 0.6 is 11.3 Å². The van der Waals surface area contributed by atoms with Gasteiger partial charge in [-0.05, 0) is 0 Å². The molecule has 0 radical (unpaired) electrons.